The van der Waals surface area contributed by atoms with E-state index in [1.54, 1.807) is 48.5 Å². The summed E-state index contributed by atoms with van der Waals surface area (Å²) in [4.78, 5) is 36.6. The summed E-state index contributed by atoms with van der Waals surface area (Å²) in [5.74, 6) is -0.456. The van der Waals surface area contributed by atoms with Crippen LogP contribution in [0.4, 0.5) is 0 Å². The van der Waals surface area contributed by atoms with Gasteiger partial charge in [-0.15, -0.1) is 0 Å². The topological polar surface area (TPSA) is 113 Å². The summed E-state index contributed by atoms with van der Waals surface area (Å²) < 4.78 is 6.96. The van der Waals surface area contributed by atoms with Crippen molar-refractivity contribution in [1.82, 2.24) is 15.1 Å². The number of hydrogen-bond acceptors (Lipinski definition) is 4. The molecule has 8 nitrogen and oxygen atoms in total. The lowest BCUT2D eigenvalue weighted by molar-refractivity contribution is -0.137. The lowest BCUT2D eigenvalue weighted by Gasteiger charge is -2.17. The highest BCUT2D eigenvalue weighted by atomic mass is 35.5. The average molecular weight is 478 g/mol. The van der Waals surface area contributed by atoms with Crippen molar-refractivity contribution in [3.05, 3.63) is 112 Å². The zero-order chi connectivity index (χ0) is 24.1. The van der Waals surface area contributed by atoms with Gasteiger partial charge in [0.05, 0.1) is 18.2 Å². The number of hydrogen-bond donors (Lipinski definition) is 3. The van der Waals surface area contributed by atoms with Crippen LogP contribution in [0.3, 0.4) is 0 Å². The number of nitrogens with one attached hydrogen (secondary N) is 2. The number of aliphatic carboxylic acids is 1. The van der Waals surface area contributed by atoms with Crippen molar-refractivity contribution in [2.45, 2.75) is 12.5 Å². The van der Waals surface area contributed by atoms with Gasteiger partial charge in [0.1, 0.15) is 17.2 Å². The summed E-state index contributed by atoms with van der Waals surface area (Å²) in [6.45, 7) is 0. The van der Waals surface area contributed by atoms with E-state index < -0.39 is 23.5 Å². The van der Waals surface area contributed by atoms with Crippen molar-refractivity contribution in [2.24, 2.45) is 0 Å². The van der Waals surface area contributed by atoms with Gasteiger partial charge < -0.3 is 15.2 Å². The van der Waals surface area contributed by atoms with Gasteiger partial charge in [-0.25, -0.2) is 4.68 Å². The molecular weight excluding hydrogens is 458 g/mol. The van der Waals surface area contributed by atoms with Crippen molar-refractivity contribution >= 4 is 23.5 Å². The first-order chi connectivity index (χ1) is 16.4. The lowest BCUT2D eigenvalue weighted by Crippen LogP contribution is -2.30. The third-order valence-corrected chi connectivity index (χ3v) is 5.25. The fourth-order valence-corrected chi connectivity index (χ4v) is 3.48. The minimum absolute atomic E-state index is 0.000583. The van der Waals surface area contributed by atoms with Gasteiger partial charge in [-0.05, 0) is 54.1 Å². The second-order valence-corrected chi connectivity index (χ2v) is 7.86. The van der Waals surface area contributed by atoms with E-state index in [1.807, 2.05) is 30.3 Å². The van der Waals surface area contributed by atoms with Crippen molar-refractivity contribution in [3.63, 3.8) is 0 Å². The predicted molar refractivity (Wildman–Crippen MR) is 127 cm³/mol. The maximum atomic E-state index is 12.8. The molecule has 1 atom stereocenters. The van der Waals surface area contributed by atoms with Crippen LogP contribution < -0.4 is 15.6 Å². The minimum Gasteiger partial charge on any atom is -0.481 e. The molecule has 0 fully saturated rings. The first-order valence-corrected chi connectivity index (χ1v) is 10.7. The summed E-state index contributed by atoms with van der Waals surface area (Å²) in [5.41, 5.74) is 0.643. The fraction of sp³-hybridized carbons (Fsp3) is 0.0800. The molecule has 1 heterocycles. The number of carboxylic acid groups (broad SMARTS) is 1. The number of benzene rings is 3. The van der Waals surface area contributed by atoms with Crippen LogP contribution in [0.15, 0.2) is 89.7 Å². The number of halogens is 1. The maximum Gasteiger partial charge on any atom is 0.305 e. The number of aromatic nitrogens is 2. The Hall–Kier alpha value is -4.30. The molecular formula is C25H20ClN3O5. The van der Waals surface area contributed by atoms with Gasteiger partial charge in [-0.2, -0.15) is 0 Å². The number of para-hydroxylation sites is 1. The van der Waals surface area contributed by atoms with Crippen LogP contribution in [0.25, 0.3) is 5.69 Å². The summed E-state index contributed by atoms with van der Waals surface area (Å²) in [6, 6.07) is 22.8. The standard InChI is InChI=1S/C25H20ClN3O5/c26-17-8-10-18(11-9-17)29-23(30)14-22(28-29)25(33)27-21(15-24(31)32)16-6-12-20(13-7-16)34-19-4-2-1-3-5-19/h1-14,21,28H,15H2,(H,27,33)(H,31,32). The molecule has 3 aromatic carbocycles. The molecule has 0 aliphatic rings. The van der Waals surface area contributed by atoms with E-state index in [2.05, 4.69) is 10.4 Å². The lowest BCUT2D eigenvalue weighted by atomic mass is 10.0. The van der Waals surface area contributed by atoms with Gasteiger partial charge in [0.15, 0.2) is 0 Å². The van der Waals surface area contributed by atoms with Gasteiger partial charge in [-0.3, -0.25) is 19.5 Å². The van der Waals surface area contributed by atoms with Crippen LogP contribution in [-0.4, -0.2) is 26.8 Å². The Kier molecular flexibility index (Phi) is 6.79. The quantitative estimate of drug-likeness (QED) is 0.344. The SMILES string of the molecule is O=C(O)CC(NC(=O)c1cc(=O)n(-c2ccc(Cl)cc2)[nH]1)c1ccc(Oc2ccccc2)cc1. The number of rotatable bonds is 8. The van der Waals surface area contributed by atoms with Crippen LogP contribution in [0.2, 0.25) is 5.02 Å². The molecule has 1 aromatic heterocycles. The maximum absolute atomic E-state index is 12.8. The van der Waals surface area contributed by atoms with E-state index in [-0.39, 0.29) is 12.1 Å². The largest absolute Gasteiger partial charge is 0.481 e. The number of carbonyl (C=O) groups excluding carboxylic acids is 1. The molecule has 0 saturated carbocycles. The Morgan fingerprint density at radius 3 is 2.26 bits per heavy atom. The molecule has 0 saturated heterocycles. The zero-order valence-corrected chi connectivity index (χ0v) is 18.5. The average Bonchev–Trinajstić information content (AvgIpc) is 3.22. The molecule has 0 radical (unpaired) electrons. The molecule has 1 amide bonds. The number of carboxylic acids is 1. The number of nitrogens with zero attached hydrogens (tertiary/aromatic N) is 1. The predicted octanol–water partition coefficient (Wildman–Crippen LogP) is 4.56. The van der Waals surface area contributed by atoms with Gasteiger partial charge >= 0.3 is 5.97 Å². The third kappa shape index (κ3) is 5.54. The molecule has 9 heteroatoms. The smallest absolute Gasteiger partial charge is 0.305 e. The van der Waals surface area contributed by atoms with Gasteiger partial charge in [-0.1, -0.05) is 41.9 Å². The van der Waals surface area contributed by atoms with Crippen LogP contribution >= 0.6 is 11.6 Å². The highest BCUT2D eigenvalue weighted by Crippen LogP contribution is 2.25. The first kappa shape index (κ1) is 22.9. The number of ether oxygens (including phenoxy) is 1. The fourth-order valence-electron chi connectivity index (χ4n) is 3.35. The van der Waals surface area contributed by atoms with Crippen molar-refractivity contribution in [3.8, 4) is 17.2 Å². The molecule has 172 valence electrons. The molecule has 1 unspecified atom stereocenters. The first-order valence-electron chi connectivity index (χ1n) is 10.3. The van der Waals surface area contributed by atoms with Crippen LogP contribution in [0, 0.1) is 0 Å². The summed E-state index contributed by atoms with van der Waals surface area (Å²) in [7, 11) is 0. The van der Waals surface area contributed by atoms with E-state index in [1.165, 1.54) is 4.68 Å². The third-order valence-electron chi connectivity index (χ3n) is 5.00. The Bertz CT molecular complexity index is 1350. The van der Waals surface area contributed by atoms with E-state index in [0.717, 1.165) is 6.07 Å². The highest BCUT2D eigenvalue weighted by molar-refractivity contribution is 6.30. The van der Waals surface area contributed by atoms with Gasteiger partial charge in [0.2, 0.25) is 0 Å². The summed E-state index contributed by atoms with van der Waals surface area (Å²) >= 11 is 5.88. The molecule has 0 aliphatic carbocycles. The zero-order valence-electron chi connectivity index (χ0n) is 17.8. The van der Waals surface area contributed by atoms with E-state index in [0.29, 0.717) is 27.8 Å². The van der Waals surface area contributed by atoms with Crippen LogP contribution in [0.5, 0.6) is 11.5 Å². The minimum atomic E-state index is -1.08. The highest BCUT2D eigenvalue weighted by Gasteiger charge is 2.21. The van der Waals surface area contributed by atoms with E-state index in [4.69, 9.17) is 16.3 Å². The van der Waals surface area contributed by atoms with Crippen molar-refractivity contribution in [2.75, 3.05) is 0 Å². The molecule has 4 aromatic rings. The number of carbonyl (C=O) groups is 2. The Labute approximate surface area is 199 Å². The molecule has 0 bridgehead atoms. The Morgan fingerprint density at radius 1 is 0.971 bits per heavy atom. The number of amides is 1. The number of H-pyrrole nitrogens is 1. The van der Waals surface area contributed by atoms with Gasteiger partial charge in [0.25, 0.3) is 11.5 Å². The monoisotopic (exact) mass is 477 g/mol. The van der Waals surface area contributed by atoms with Crippen LogP contribution in [-0.2, 0) is 4.79 Å². The normalized spacial score (nSPS) is 11.6. The van der Waals surface area contributed by atoms with E-state index >= 15 is 0 Å². The van der Waals surface area contributed by atoms with Crippen molar-refractivity contribution < 1.29 is 19.4 Å². The Morgan fingerprint density at radius 2 is 1.62 bits per heavy atom. The molecule has 3 N–H and O–H groups in total. The molecule has 0 spiro atoms. The molecule has 4 rings (SSSR count). The summed E-state index contributed by atoms with van der Waals surface area (Å²) in [5, 5.41) is 15.3. The molecule has 0 aliphatic heterocycles. The van der Waals surface area contributed by atoms with Crippen molar-refractivity contribution in [1.29, 1.82) is 0 Å². The van der Waals surface area contributed by atoms with Crippen LogP contribution in [0.1, 0.15) is 28.5 Å². The summed E-state index contributed by atoms with van der Waals surface area (Å²) in [6.07, 6.45) is -0.341. The van der Waals surface area contributed by atoms with Gasteiger partial charge in [0, 0.05) is 11.1 Å². The Balaban J connectivity index is 1.52. The van der Waals surface area contributed by atoms with E-state index in [9.17, 15) is 19.5 Å². The molecule has 34 heavy (non-hydrogen) atoms. The second kappa shape index (κ2) is 10.1. The number of aromatic amines is 1. The second-order valence-electron chi connectivity index (χ2n) is 7.43.